The lowest BCUT2D eigenvalue weighted by Gasteiger charge is -2.14. The summed E-state index contributed by atoms with van der Waals surface area (Å²) in [6.07, 6.45) is 0.275. The van der Waals surface area contributed by atoms with Crippen LogP contribution < -0.4 is 10.6 Å². The summed E-state index contributed by atoms with van der Waals surface area (Å²) in [5.74, 6) is -3.55. The molecule has 2 rings (SSSR count). The van der Waals surface area contributed by atoms with Gasteiger partial charge in [-0.05, 0) is 41.8 Å². The van der Waals surface area contributed by atoms with Crippen molar-refractivity contribution in [2.45, 2.75) is 34.1 Å². The molecule has 0 unspecified atom stereocenters. The zero-order chi connectivity index (χ0) is 23.3. The molecule has 2 amide bonds. The molecule has 0 aliphatic rings. The Bertz CT molecular complexity index is 945. The molecular weight excluding hydrogens is 400 g/mol. The maximum Gasteiger partial charge on any atom is 0.337 e. The summed E-state index contributed by atoms with van der Waals surface area (Å²) in [6.45, 7) is 6.82. The predicted octanol–water partition coefficient (Wildman–Crippen LogP) is 3.86. The van der Waals surface area contributed by atoms with Crippen LogP contribution in [0.15, 0.2) is 36.4 Å². The molecular formula is C23H26N2O6. The summed E-state index contributed by atoms with van der Waals surface area (Å²) in [4.78, 5) is 47.2. The molecule has 0 atom stereocenters. The summed E-state index contributed by atoms with van der Waals surface area (Å²) in [6, 6.07) is 9.30. The predicted molar refractivity (Wildman–Crippen MR) is 117 cm³/mol. The number of anilines is 2. The van der Waals surface area contributed by atoms with Crippen molar-refractivity contribution in [3.8, 4) is 0 Å². The van der Waals surface area contributed by atoms with E-state index in [2.05, 4.69) is 10.6 Å². The fraction of sp³-hybridized carbons (Fsp3) is 0.304. The first-order valence-electron chi connectivity index (χ1n) is 9.83. The summed E-state index contributed by atoms with van der Waals surface area (Å²) >= 11 is 0. The first kappa shape index (κ1) is 23.6. The number of carbonyl (C=O) groups excluding carboxylic acids is 2. The SMILES string of the molecule is CC(C)C(=O)Nc1ccc(Cc2ccc(NC(=O)C(C)C)c(C(=O)O)c2)cc1C(=O)O. The second-order valence-electron chi connectivity index (χ2n) is 7.83. The van der Waals surface area contributed by atoms with E-state index in [0.717, 1.165) is 0 Å². The molecule has 0 fully saturated rings. The van der Waals surface area contributed by atoms with Gasteiger partial charge in [0.25, 0.3) is 0 Å². The number of amides is 2. The van der Waals surface area contributed by atoms with E-state index in [1.54, 1.807) is 39.8 Å². The van der Waals surface area contributed by atoms with Gasteiger partial charge in [0.1, 0.15) is 0 Å². The largest absolute Gasteiger partial charge is 0.478 e. The van der Waals surface area contributed by atoms with E-state index >= 15 is 0 Å². The zero-order valence-electron chi connectivity index (χ0n) is 17.9. The van der Waals surface area contributed by atoms with E-state index in [-0.39, 0.29) is 52.6 Å². The van der Waals surface area contributed by atoms with Crippen LogP contribution in [0.4, 0.5) is 11.4 Å². The number of carboxylic acids is 2. The lowest BCUT2D eigenvalue weighted by Crippen LogP contribution is -2.20. The van der Waals surface area contributed by atoms with Gasteiger partial charge < -0.3 is 20.8 Å². The normalized spacial score (nSPS) is 10.8. The number of hydrogen-bond donors (Lipinski definition) is 4. The quantitative estimate of drug-likeness (QED) is 0.507. The van der Waals surface area contributed by atoms with Gasteiger partial charge in [0.2, 0.25) is 11.8 Å². The van der Waals surface area contributed by atoms with Gasteiger partial charge in [0.15, 0.2) is 0 Å². The van der Waals surface area contributed by atoms with Crippen LogP contribution in [0.5, 0.6) is 0 Å². The van der Waals surface area contributed by atoms with Crippen molar-refractivity contribution < 1.29 is 29.4 Å². The van der Waals surface area contributed by atoms with Crippen LogP contribution in [0.2, 0.25) is 0 Å². The van der Waals surface area contributed by atoms with E-state index in [1.165, 1.54) is 24.3 Å². The van der Waals surface area contributed by atoms with Gasteiger partial charge >= 0.3 is 11.9 Å². The molecule has 31 heavy (non-hydrogen) atoms. The van der Waals surface area contributed by atoms with Crippen LogP contribution in [-0.4, -0.2) is 34.0 Å². The summed E-state index contributed by atoms with van der Waals surface area (Å²) < 4.78 is 0. The number of carbonyl (C=O) groups is 4. The van der Waals surface area contributed by atoms with E-state index in [4.69, 9.17) is 0 Å². The molecule has 0 heterocycles. The van der Waals surface area contributed by atoms with E-state index < -0.39 is 11.9 Å². The van der Waals surface area contributed by atoms with Crippen molar-refractivity contribution in [2.75, 3.05) is 10.6 Å². The lowest BCUT2D eigenvalue weighted by atomic mass is 9.99. The van der Waals surface area contributed by atoms with Crippen molar-refractivity contribution in [2.24, 2.45) is 11.8 Å². The van der Waals surface area contributed by atoms with E-state index in [1.807, 2.05) is 0 Å². The number of rotatable bonds is 8. The van der Waals surface area contributed by atoms with Gasteiger partial charge in [0, 0.05) is 11.8 Å². The molecule has 0 saturated carbocycles. The Morgan fingerprint density at radius 1 is 0.710 bits per heavy atom. The molecule has 0 spiro atoms. The summed E-state index contributed by atoms with van der Waals surface area (Å²) in [7, 11) is 0. The van der Waals surface area contributed by atoms with Gasteiger partial charge in [-0.15, -0.1) is 0 Å². The zero-order valence-corrected chi connectivity index (χ0v) is 17.9. The molecule has 0 aliphatic carbocycles. The Morgan fingerprint density at radius 3 is 1.35 bits per heavy atom. The van der Waals surface area contributed by atoms with Crippen LogP contribution in [0.25, 0.3) is 0 Å². The number of hydrogen-bond acceptors (Lipinski definition) is 4. The van der Waals surface area contributed by atoms with Crippen molar-refractivity contribution in [3.05, 3.63) is 58.7 Å². The minimum atomic E-state index is -1.18. The van der Waals surface area contributed by atoms with Crippen LogP contribution in [0.1, 0.15) is 59.5 Å². The molecule has 2 aromatic rings. The van der Waals surface area contributed by atoms with Crippen LogP contribution in [-0.2, 0) is 16.0 Å². The highest BCUT2D eigenvalue weighted by atomic mass is 16.4. The average molecular weight is 426 g/mol. The highest BCUT2D eigenvalue weighted by Gasteiger charge is 2.17. The second-order valence-corrected chi connectivity index (χ2v) is 7.83. The molecule has 4 N–H and O–H groups in total. The minimum Gasteiger partial charge on any atom is -0.478 e. The number of nitrogens with one attached hydrogen (secondary N) is 2. The van der Waals surface area contributed by atoms with Crippen molar-refractivity contribution in [1.29, 1.82) is 0 Å². The summed E-state index contributed by atoms with van der Waals surface area (Å²) in [5, 5.41) is 24.2. The molecule has 0 aliphatic heterocycles. The smallest absolute Gasteiger partial charge is 0.337 e. The monoisotopic (exact) mass is 426 g/mol. The average Bonchev–Trinajstić information content (AvgIpc) is 2.69. The topological polar surface area (TPSA) is 133 Å². The molecule has 2 aromatic carbocycles. The highest BCUT2D eigenvalue weighted by molar-refractivity contribution is 6.02. The highest BCUT2D eigenvalue weighted by Crippen LogP contribution is 2.24. The van der Waals surface area contributed by atoms with E-state index in [0.29, 0.717) is 11.1 Å². The number of carboxylic acid groups (broad SMARTS) is 2. The molecule has 0 saturated heterocycles. The maximum atomic E-state index is 11.9. The Hall–Kier alpha value is -3.68. The maximum absolute atomic E-state index is 11.9. The van der Waals surface area contributed by atoms with Crippen molar-refractivity contribution >= 4 is 35.1 Å². The summed E-state index contributed by atoms with van der Waals surface area (Å²) in [5.41, 5.74) is 1.57. The van der Waals surface area contributed by atoms with Gasteiger partial charge in [-0.1, -0.05) is 39.8 Å². The van der Waals surface area contributed by atoms with Gasteiger partial charge in [-0.3, -0.25) is 9.59 Å². The molecule has 0 radical (unpaired) electrons. The van der Waals surface area contributed by atoms with Crippen LogP contribution in [0.3, 0.4) is 0 Å². The van der Waals surface area contributed by atoms with Crippen LogP contribution in [0, 0.1) is 11.8 Å². The standard InChI is InChI=1S/C23H26N2O6/c1-12(2)20(26)24-18-7-5-14(10-16(18)22(28)29)9-15-6-8-19(17(11-15)23(30)31)25-21(27)13(3)4/h5-8,10-13H,9H2,1-4H3,(H,24,26)(H,25,27)(H,28,29)(H,30,31). The number of aromatic carboxylic acids is 2. The molecule has 164 valence electrons. The van der Waals surface area contributed by atoms with Crippen molar-refractivity contribution in [3.63, 3.8) is 0 Å². The fourth-order valence-electron chi connectivity index (χ4n) is 2.76. The third kappa shape index (κ3) is 6.15. The minimum absolute atomic E-state index is 0.0502. The Kier molecular flexibility index (Phi) is 7.52. The third-order valence-corrected chi connectivity index (χ3v) is 4.60. The fourth-order valence-corrected chi connectivity index (χ4v) is 2.76. The molecule has 8 heteroatoms. The molecule has 0 bridgehead atoms. The van der Waals surface area contributed by atoms with E-state index in [9.17, 15) is 29.4 Å². The van der Waals surface area contributed by atoms with Gasteiger partial charge in [-0.25, -0.2) is 9.59 Å². The second kappa shape index (κ2) is 9.88. The first-order valence-corrected chi connectivity index (χ1v) is 9.83. The molecule has 8 nitrogen and oxygen atoms in total. The van der Waals surface area contributed by atoms with Crippen molar-refractivity contribution in [1.82, 2.24) is 0 Å². The van der Waals surface area contributed by atoms with Gasteiger partial charge in [0.05, 0.1) is 22.5 Å². The third-order valence-electron chi connectivity index (χ3n) is 4.60. The Morgan fingerprint density at radius 2 is 1.06 bits per heavy atom. The van der Waals surface area contributed by atoms with Crippen LogP contribution >= 0.6 is 0 Å². The Labute approximate surface area is 180 Å². The lowest BCUT2D eigenvalue weighted by molar-refractivity contribution is -0.119. The molecule has 0 aromatic heterocycles. The number of benzene rings is 2. The van der Waals surface area contributed by atoms with Gasteiger partial charge in [-0.2, -0.15) is 0 Å². The first-order chi connectivity index (χ1) is 14.5. The Balaban J connectivity index is 2.33.